The van der Waals surface area contributed by atoms with Gasteiger partial charge in [0.05, 0.1) is 0 Å². The zero-order valence-corrected chi connectivity index (χ0v) is 13.6. The van der Waals surface area contributed by atoms with Crippen molar-refractivity contribution in [3.8, 4) is 0 Å². The number of carbonyl (C=O) groups excluding carboxylic acids is 2. The van der Waals surface area contributed by atoms with Gasteiger partial charge in [0.1, 0.15) is 5.82 Å². The van der Waals surface area contributed by atoms with Crippen molar-refractivity contribution in [2.75, 3.05) is 5.32 Å². The van der Waals surface area contributed by atoms with E-state index in [1.807, 2.05) is 19.9 Å². The van der Waals surface area contributed by atoms with E-state index in [4.69, 9.17) is 0 Å². The fraction of sp³-hybridized carbons (Fsp3) is 0.294. The topological polar surface area (TPSA) is 46.2 Å². The largest absolute Gasteiger partial charge is 0.326 e. The summed E-state index contributed by atoms with van der Waals surface area (Å²) in [4.78, 5) is 26.1. The zero-order valence-electron chi connectivity index (χ0n) is 12.8. The van der Waals surface area contributed by atoms with Crippen molar-refractivity contribution in [1.82, 2.24) is 0 Å². The summed E-state index contributed by atoms with van der Waals surface area (Å²) in [5.41, 5.74) is 1.93. The molecule has 0 spiro atoms. The van der Waals surface area contributed by atoms with Crippen molar-refractivity contribution < 1.29 is 14.0 Å². The predicted octanol–water partition coefficient (Wildman–Crippen LogP) is 4.41. The number of rotatable bonds is 5. The number of nitrogens with one attached hydrogen (secondary N) is 1. The molecule has 0 aliphatic rings. The Morgan fingerprint density at radius 1 is 1.14 bits per heavy atom. The van der Waals surface area contributed by atoms with Crippen LogP contribution in [-0.4, -0.2) is 11.7 Å². The molecule has 0 saturated carbocycles. The first-order chi connectivity index (χ1) is 10.4. The van der Waals surface area contributed by atoms with Crippen LogP contribution in [0.3, 0.4) is 0 Å². The number of Topliss-reactive ketones (excluding diaryl/α,β-unsaturated/α-hetero) is 1. The van der Waals surface area contributed by atoms with Crippen molar-refractivity contribution in [1.29, 1.82) is 0 Å². The molecule has 1 N–H and O–H groups in total. The molecular formula is C17H18FNO2S. The van der Waals surface area contributed by atoms with Crippen LogP contribution in [0, 0.1) is 26.6 Å². The molecule has 1 aromatic carbocycles. The maximum absolute atomic E-state index is 13.0. The summed E-state index contributed by atoms with van der Waals surface area (Å²) in [6.07, 6.45) is 0.285. The molecule has 5 heteroatoms. The maximum Gasteiger partial charge on any atom is 0.224 e. The minimum absolute atomic E-state index is 0.0205. The fourth-order valence-corrected chi connectivity index (χ4v) is 3.19. The summed E-state index contributed by atoms with van der Waals surface area (Å²) in [6, 6.07) is 6.05. The van der Waals surface area contributed by atoms with E-state index in [1.165, 1.54) is 18.2 Å². The van der Waals surface area contributed by atoms with Crippen molar-refractivity contribution in [3.63, 3.8) is 0 Å². The van der Waals surface area contributed by atoms with Crippen molar-refractivity contribution in [3.05, 3.63) is 51.0 Å². The molecule has 0 bridgehead atoms. The van der Waals surface area contributed by atoms with Gasteiger partial charge in [-0.2, -0.15) is 0 Å². The van der Waals surface area contributed by atoms with Crippen LogP contribution in [-0.2, 0) is 4.79 Å². The first-order valence-electron chi connectivity index (χ1n) is 7.03. The minimum Gasteiger partial charge on any atom is -0.326 e. The zero-order chi connectivity index (χ0) is 16.3. The van der Waals surface area contributed by atoms with Gasteiger partial charge in [0, 0.05) is 33.8 Å². The molecule has 1 amide bonds. The molecule has 2 aromatic rings. The maximum atomic E-state index is 13.0. The van der Waals surface area contributed by atoms with E-state index in [9.17, 15) is 14.0 Å². The number of thiophene rings is 1. The summed E-state index contributed by atoms with van der Waals surface area (Å²) >= 11 is 1.58. The van der Waals surface area contributed by atoms with Crippen LogP contribution in [0.25, 0.3) is 0 Å². The number of anilines is 1. The van der Waals surface area contributed by atoms with Gasteiger partial charge >= 0.3 is 0 Å². The standard InChI is InChI=1S/C17H18FNO2S/c1-10-8-13(18)4-5-15(10)19-17(21)7-6-16(20)14-9-11(2)22-12(14)3/h4-5,8-9H,6-7H2,1-3H3,(H,19,21). The number of carbonyl (C=O) groups is 2. The van der Waals surface area contributed by atoms with E-state index in [2.05, 4.69) is 5.32 Å². The second-order valence-corrected chi connectivity index (χ2v) is 6.72. The Bertz CT molecular complexity index is 721. The number of ketones is 1. The monoisotopic (exact) mass is 319 g/mol. The highest BCUT2D eigenvalue weighted by atomic mass is 32.1. The van der Waals surface area contributed by atoms with Crippen molar-refractivity contribution in [2.45, 2.75) is 33.6 Å². The normalized spacial score (nSPS) is 10.5. The Morgan fingerprint density at radius 3 is 2.45 bits per heavy atom. The van der Waals surface area contributed by atoms with E-state index in [0.717, 1.165) is 9.75 Å². The molecule has 0 saturated heterocycles. The quantitative estimate of drug-likeness (QED) is 0.830. The van der Waals surface area contributed by atoms with Gasteiger partial charge in [-0.25, -0.2) is 4.39 Å². The first kappa shape index (κ1) is 16.4. The third kappa shape index (κ3) is 4.01. The molecule has 22 heavy (non-hydrogen) atoms. The summed E-state index contributed by atoms with van der Waals surface area (Å²) in [7, 11) is 0. The van der Waals surface area contributed by atoms with Gasteiger partial charge in [0.25, 0.3) is 0 Å². The van der Waals surface area contributed by atoms with Crippen LogP contribution in [0.4, 0.5) is 10.1 Å². The Labute approximate surface area is 133 Å². The fourth-order valence-electron chi connectivity index (χ4n) is 2.25. The molecule has 2 rings (SSSR count). The molecular weight excluding hydrogens is 301 g/mol. The number of halogens is 1. The highest BCUT2D eigenvalue weighted by Crippen LogP contribution is 2.22. The van der Waals surface area contributed by atoms with E-state index in [-0.39, 0.29) is 30.3 Å². The van der Waals surface area contributed by atoms with Gasteiger partial charge in [-0.05, 0) is 50.6 Å². The number of benzene rings is 1. The number of hydrogen-bond acceptors (Lipinski definition) is 3. The highest BCUT2D eigenvalue weighted by Gasteiger charge is 2.14. The van der Waals surface area contributed by atoms with E-state index >= 15 is 0 Å². The lowest BCUT2D eigenvalue weighted by atomic mass is 10.1. The lowest BCUT2D eigenvalue weighted by molar-refractivity contribution is -0.116. The van der Waals surface area contributed by atoms with Crippen LogP contribution >= 0.6 is 11.3 Å². The Hall–Kier alpha value is -2.01. The molecule has 0 atom stereocenters. The van der Waals surface area contributed by atoms with Crippen LogP contribution in [0.1, 0.15) is 38.5 Å². The molecule has 1 aromatic heterocycles. The van der Waals surface area contributed by atoms with E-state index in [1.54, 1.807) is 18.3 Å². The SMILES string of the molecule is Cc1cc(C(=O)CCC(=O)Nc2ccc(F)cc2C)c(C)s1. The van der Waals surface area contributed by atoms with Crippen LogP contribution in [0.5, 0.6) is 0 Å². The van der Waals surface area contributed by atoms with E-state index in [0.29, 0.717) is 16.8 Å². The van der Waals surface area contributed by atoms with Crippen LogP contribution in [0.2, 0.25) is 0 Å². The molecule has 0 fully saturated rings. The van der Waals surface area contributed by atoms with Gasteiger partial charge in [0.15, 0.2) is 5.78 Å². The predicted molar refractivity (Wildman–Crippen MR) is 87.1 cm³/mol. The second-order valence-electron chi connectivity index (χ2n) is 5.26. The lowest BCUT2D eigenvalue weighted by Crippen LogP contribution is -2.14. The van der Waals surface area contributed by atoms with Crippen molar-refractivity contribution >= 4 is 28.7 Å². The second kappa shape index (κ2) is 6.83. The number of hydrogen-bond donors (Lipinski definition) is 1. The van der Waals surface area contributed by atoms with Gasteiger partial charge in [-0.3, -0.25) is 9.59 Å². The molecule has 0 unspecified atom stereocenters. The van der Waals surface area contributed by atoms with E-state index < -0.39 is 0 Å². The van der Waals surface area contributed by atoms with Crippen LogP contribution in [0.15, 0.2) is 24.3 Å². The molecule has 3 nitrogen and oxygen atoms in total. The summed E-state index contributed by atoms with van der Waals surface area (Å²) in [5.74, 6) is -0.602. The Balaban J connectivity index is 1.92. The summed E-state index contributed by atoms with van der Waals surface area (Å²) in [5, 5.41) is 2.71. The third-order valence-electron chi connectivity index (χ3n) is 3.38. The number of amides is 1. The first-order valence-corrected chi connectivity index (χ1v) is 7.84. The Kier molecular flexibility index (Phi) is 5.08. The van der Waals surface area contributed by atoms with Gasteiger partial charge in [-0.1, -0.05) is 0 Å². The van der Waals surface area contributed by atoms with Crippen molar-refractivity contribution in [2.24, 2.45) is 0 Å². The van der Waals surface area contributed by atoms with Crippen LogP contribution < -0.4 is 5.32 Å². The molecule has 0 aliphatic heterocycles. The van der Waals surface area contributed by atoms with Gasteiger partial charge in [-0.15, -0.1) is 11.3 Å². The third-order valence-corrected chi connectivity index (χ3v) is 4.35. The number of aryl methyl sites for hydroxylation is 3. The summed E-state index contributed by atoms with van der Waals surface area (Å²) in [6.45, 7) is 5.59. The molecule has 0 aliphatic carbocycles. The smallest absolute Gasteiger partial charge is 0.224 e. The average Bonchev–Trinajstić information content (AvgIpc) is 2.78. The average molecular weight is 319 g/mol. The molecule has 0 radical (unpaired) electrons. The minimum atomic E-state index is -0.339. The highest BCUT2D eigenvalue weighted by molar-refractivity contribution is 7.12. The molecule has 116 valence electrons. The molecule has 1 heterocycles. The van der Waals surface area contributed by atoms with Gasteiger partial charge < -0.3 is 5.32 Å². The summed E-state index contributed by atoms with van der Waals surface area (Å²) < 4.78 is 13.0. The lowest BCUT2D eigenvalue weighted by Gasteiger charge is -2.08. The Morgan fingerprint density at radius 2 is 1.86 bits per heavy atom. The van der Waals surface area contributed by atoms with Gasteiger partial charge in [0.2, 0.25) is 5.91 Å².